The minimum absolute atomic E-state index is 0.678. The van der Waals surface area contributed by atoms with Gasteiger partial charge in [0.2, 0.25) is 0 Å². The minimum atomic E-state index is 0.678. The molecule has 0 saturated heterocycles. The fourth-order valence-electron chi connectivity index (χ4n) is 1.17. The van der Waals surface area contributed by atoms with Crippen molar-refractivity contribution in [1.29, 1.82) is 0 Å². The quantitative estimate of drug-likeness (QED) is 0.716. The monoisotopic (exact) mass is 190 g/mol. The van der Waals surface area contributed by atoms with Crippen LogP contribution in [0.25, 0.3) is 0 Å². The van der Waals surface area contributed by atoms with Crippen LogP contribution in [0.5, 0.6) is 5.75 Å². The fraction of sp³-hybridized carbons (Fsp3) is 0.222. The first-order valence-electron chi connectivity index (χ1n) is 4.22. The van der Waals surface area contributed by atoms with Crippen LogP contribution in [0.4, 0.5) is 0 Å². The van der Waals surface area contributed by atoms with Gasteiger partial charge in [0.05, 0.1) is 13.7 Å². The Morgan fingerprint density at radius 3 is 2.64 bits per heavy atom. The van der Waals surface area contributed by atoms with E-state index in [0.717, 1.165) is 11.3 Å². The molecule has 1 aromatic carbocycles. The Bertz CT molecular complexity index is 382. The third-order valence-electron chi connectivity index (χ3n) is 1.90. The molecule has 0 saturated carbocycles. The number of methoxy groups -OCH3 is 1. The molecule has 0 unspecified atom stereocenters. The Morgan fingerprint density at radius 2 is 2.07 bits per heavy atom. The Kier molecular flexibility index (Phi) is 2.40. The van der Waals surface area contributed by atoms with Gasteiger partial charge in [-0.05, 0) is 28.1 Å². The molecule has 0 aliphatic carbocycles. The zero-order chi connectivity index (χ0) is 9.80. The molecule has 0 fully saturated rings. The molecule has 0 bridgehead atoms. The highest BCUT2D eigenvalue weighted by Gasteiger charge is 1.96. The number of hydrogen-bond acceptors (Lipinski definition) is 4. The van der Waals surface area contributed by atoms with Crippen LogP contribution in [0.2, 0.25) is 0 Å². The van der Waals surface area contributed by atoms with Crippen molar-refractivity contribution in [2.24, 2.45) is 0 Å². The SMILES string of the molecule is COc1ccc(Cn2cnnn2)cc1. The lowest BCUT2D eigenvalue weighted by molar-refractivity contribution is 0.414. The summed E-state index contributed by atoms with van der Waals surface area (Å²) in [5.41, 5.74) is 1.14. The smallest absolute Gasteiger partial charge is 0.138 e. The first-order valence-corrected chi connectivity index (χ1v) is 4.22. The maximum Gasteiger partial charge on any atom is 0.138 e. The van der Waals surface area contributed by atoms with Gasteiger partial charge in [0.1, 0.15) is 12.1 Å². The summed E-state index contributed by atoms with van der Waals surface area (Å²) >= 11 is 0. The molecule has 2 rings (SSSR count). The van der Waals surface area contributed by atoms with Gasteiger partial charge >= 0.3 is 0 Å². The number of rotatable bonds is 3. The van der Waals surface area contributed by atoms with Crippen molar-refractivity contribution in [2.45, 2.75) is 6.54 Å². The van der Waals surface area contributed by atoms with Gasteiger partial charge in [-0.15, -0.1) is 5.10 Å². The number of ether oxygens (including phenoxy) is 1. The maximum atomic E-state index is 5.06. The van der Waals surface area contributed by atoms with Crippen LogP contribution in [0.15, 0.2) is 30.6 Å². The molecule has 1 aromatic heterocycles. The second-order valence-electron chi connectivity index (χ2n) is 2.86. The van der Waals surface area contributed by atoms with E-state index in [0.29, 0.717) is 6.54 Å². The van der Waals surface area contributed by atoms with Crippen molar-refractivity contribution >= 4 is 0 Å². The molecule has 2 aromatic rings. The van der Waals surface area contributed by atoms with Gasteiger partial charge in [0.15, 0.2) is 0 Å². The van der Waals surface area contributed by atoms with Gasteiger partial charge in [-0.2, -0.15) is 0 Å². The van der Waals surface area contributed by atoms with E-state index in [4.69, 9.17) is 4.74 Å². The van der Waals surface area contributed by atoms with Crippen LogP contribution < -0.4 is 4.74 Å². The van der Waals surface area contributed by atoms with Crippen LogP contribution in [0.3, 0.4) is 0 Å². The number of nitrogens with zero attached hydrogens (tertiary/aromatic N) is 4. The lowest BCUT2D eigenvalue weighted by Crippen LogP contribution is -2.00. The molecule has 14 heavy (non-hydrogen) atoms. The molecule has 72 valence electrons. The number of aromatic nitrogens is 4. The molecule has 0 spiro atoms. The van der Waals surface area contributed by atoms with E-state index in [1.54, 1.807) is 18.1 Å². The van der Waals surface area contributed by atoms with E-state index in [2.05, 4.69) is 15.5 Å². The van der Waals surface area contributed by atoms with Crippen molar-refractivity contribution in [1.82, 2.24) is 20.2 Å². The summed E-state index contributed by atoms with van der Waals surface area (Å²) in [5.74, 6) is 0.852. The molecule has 1 heterocycles. The van der Waals surface area contributed by atoms with Gasteiger partial charge < -0.3 is 4.74 Å². The number of hydrogen-bond donors (Lipinski definition) is 0. The molecular weight excluding hydrogens is 180 g/mol. The second kappa shape index (κ2) is 3.87. The molecule has 0 aliphatic heterocycles. The van der Waals surface area contributed by atoms with Gasteiger partial charge in [-0.25, -0.2) is 4.68 Å². The zero-order valence-electron chi connectivity index (χ0n) is 7.79. The van der Waals surface area contributed by atoms with Gasteiger partial charge in [-0.3, -0.25) is 0 Å². The van der Waals surface area contributed by atoms with E-state index in [9.17, 15) is 0 Å². The average molecular weight is 190 g/mol. The number of benzene rings is 1. The summed E-state index contributed by atoms with van der Waals surface area (Å²) in [6.07, 6.45) is 1.59. The fourth-order valence-corrected chi connectivity index (χ4v) is 1.17. The van der Waals surface area contributed by atoms with Crippen molar-refractivity contribution in [3.63, 3.8) is 0 Å². The highest BCUT2D eigenvalue weighted by molar-refractivity contribution is 5.27. The number of tetrazole rings is 1. The molecule has 0 amide bonds. The summed E-state index contributed by atoms with van der Waals surface area (Å²) < 4.78 is 6.73. The second-order valence-corrected chi connectivity index (χ2v) is 2.86. The predicted octanol–water partition coefficient (Wildman–Crippen LogP) is 0.730. The molecule has 5 heteroatoms. The van der Waals surface area contributed by atoms with Crippen LogP contribution in [0, 0.1) is 0 Å². The van der Waals surface area contributed by atoms with Gasteiger partial charge in [0, 0.05) is 0 Å². The first kappa shape index (κ1) is 8.68. The van der Waals surface area contributed by atoms with Crippen molar-refractivity contribution in [3.8, 4) is 5.75 Å². The third-order valence-corrected chi connectivity index (χ3v) is 1.90. The summed E-state index contributed by atoms with van der Waals surface area (Å²) in [6.45, 7) is 0.678. The molecular formula is C9H10N4O. The normalized spacial score (nSPS) is 10.1. The molecule has 0 N–H and O–H groups in total. The maximum absolute atomic E-state index is 5.06. The van der Waals surface area contributed by atoms with Crippen LogP contribution in [0.1, 0.15) is 5.56 Å². The summed E-state index contributed by atoms with van der Waals surface area (Å²) in [7, 11) is 1.65. The highest BCUT2D eigenvalue weighted by atomic mass is 16.5. The summed E-state index contributed by atoms with van der Waals surface area (Å²) in [5, 5.41) is 10.9. The van der Waals surface area contributed by atoms with Crippen molar-refractivity contribution in [2.75, 3.05) is 7.11 Å². The molecule has 5 nitrogen and oxygen atoms in total. The summed E-state index contributed by atoms with van der Waals surface area (Å²) in [4.78, 5) is 0. The van der Waals surface area contributed by atoms with Gasteiger partial charge in [0.25, 0.3) is 0 Å². The van der Waals surface area contributed by atoms with Crippen LogP contribution in [-0.4, -0.2) is 27.3 Å². The van der Waals surface area contributed by atoms with Crippen LogP contribution >= 0.6 is 0 Å². The lowest BCUT2D eigenvalue weighted by atomic mass is 10.2. The van der Waals surface area contributed by atoms with Crippen LogP contribution in [-0.2, 0) is 6.54 Å². The lowest BCUT2D eigenvalue weighted by Gasteiger charge is -2.02. The third kappa shape index (κ3) is 1.87. The van der Waals surface area contributed by atoms with E-state index >= 15 is 0 Å². The first-order chi connectivity index (χ1) is 6.88. The van der Waals surface area contributed by atoms with Crippen molar-refractivity contribution < 1.29 is 4.74 Å². The Labute approximate surface area is 81.3 Å². The van der Waals surface area contributed by atoms with Gasteiger partial charge in [-0.1, -0.05) is 12.1 Å². The summed E-state index contributed by atoms with van der Waals surface area (Å²) in [6, 6.07) is 7.81. The molecule has 0 aliphatic rings. The Morgan fingerprint density at radius 1 is 1.29 bits per heavy atom. The van der Waals surface area contributed by atoms with E-state index in [1.165, 1.54) is 0 Å². The minimum Gasteiger partial charge on any atom is -0.497 e. The highest BCUT2D eigenvalue weighted by Crippen LogP contribution is 2.11. The van der Waals surface area contributed by atoms with E-state index in [-0.39, 0.29) is 0 Å². The largest absolute Gasteiger partial charge is 0.497 e. The average Bonchev–Trinajstić information content (AvgIpc) is 2.72. The Hall–Kier alpha value is -1.91. The predicted molar refractivity (Wildman–Crippen MR) is 49.9 cm³/mol. The topological polar surface area (TPSA) is 52.8 Å². The van der Waals surface area contributed by atoms with E-state index in [1.807, 2.05) is 24.3 Å². The standard InChI is InChI=1S/C9H10N4O/c1-14-9-4-2-8(3-5-9)6-13-7-10-11-12-13/h2-5,7H,6H2,1H3. The molecule has 0 radical (unpaired) electrons. The van der Waals surface area contributed by atoms with Crippen molar-refractivity contribution in [3.05, 3.63) is 36.2 Å². The van der Waals surface area contributed by atoms with E-state index < -0.39 is 0 Å². The Balaban J connectivity index is 2.10. The molecule has 0 atom stereocenters. The zero-order valence-corrected chi connectivity index (χ0v) is 7.79.